The number of anilines is 1. The molecule has 3 heterocycles. The summed E-state index contributed by atoms with van der Waals surface area (Å²) in [6.45, 7) is 1.87. The number of nitrogens with zero attached hydrogens (tertiary/aromatic N) is 5. The van der Waals surface area contributed by atoms with Crippen molar-refractivity contribution in [1.29, 1.82) is 5.26 Å². The van der Waals surface area contributed by atoms with Gasteiger partial charge in [0.1, 0.15) is 11.6 Å². The molecule has 0 bridgehead atoms. The van der Waals surface area contributed by atoms with Crippen LogP contribution in [0.15, 0.2) is 18.5 Å². The Bertz CT molecular complexity index is 704. The highest BCUT2D eigenvalue weighted by molar-refractivity contribution is 5.64. The first-order valence-corrected chi connectivity index (χ1v) is 6.61. The topological polar surface area (TPSA) is 87.2 Å². The maximum absolute atomic E-state index is 9.35. The van der Waals surface area contributed by atoms with E-state index >= 15 is 0 Å². The number of ether oxygens (including phenoxy) is 1. The van der Waals surface area contributed by atoms with Crippen LogP contribution in [0, 0.1) is 11.3 Å². The summed E-state index contributed by atoms with van der Waals surface area (Å²) in [5, 5.41) is 22.7. The largest absolute Gasteiger partial charge is 0.480 e. The Balaban J connectivity index is 1.93. The fraction of sp³-hybridized carbons (Fsp3) is 0.357. The van der Waals surface area contributed by atoms with E-state index in [9.17, 15) is 5.26 Å². The van der Waals surface area contributed by atoms with E-state index in [-0.39, 0.29) is 6.61 Å². The normalized spacial score (nSPS) is 13.1. The van der Waals surface area contributed by atoms with Crippen LogP contribution in [0.3, 0.4) is 0 Å². The second kappa shape index (κ2) is 5.42. The van der Waals surface area contributed by atoms with Gasteiger partial charge in [0, 0.05) is 18.3 Å². The molecule has 0 fully saturated rings. The van der Waals surface area contributed by atoms with E-state index < -0.39 is 0 Å². The molecule has 1 aliphatic rings. The van der Waals surface area contributed by atoms with Gasteiger partial charge in [-0.15, -0.1) is 0 Å². The summed E-state index contributed by atoms with van der Waals surface area (Å²) in [4.78, 5) is 6.15. The predicted octanol–water partition coefficient (Wildman–Crippen LogP) is 0.671. The van der Waals surface area contributed by atoms with E-state index in [2.05, 4.69) is 21.1 Å². The van der Waals surface area contributed by atoms with Crippen LogP contribution in [-0.4, -0.2) is 33.6 Å². The number of methoxy groups -OCH3 is 1. The van der Waals surface area contributed by atoms with Gasteiger partial charge in [0.05, 0.1) is 44.4 Å². The van der Waals surface area contributed by atoms with Crippen LogP contribution in [0.5, 0.6) is 5.88 Å². The number of hydrogen-bond acceptors (Lipinski definition) is 6. The van der Waals surface area contributed by atoms with Crippen molar-refractivity contribution in [3.63, 3.8) is 0 Å². The van der Waals surface area contributed by atoms with Crippen molar-refractivity contribution in [2.75, 3.05) is 18.6 Å². The minimum atomic E-state index is 0.0562. The zero-order valence-corrected chi connectivity index (χ0v) is 11.7. The summed E-state index contributed by atoms with van der Waals surface area (Å²) in [6, 6.07) is 3.98. The van der Waals surface area contributed by atoms with Gasteiger partial charge in [-0.25, -0.2) is 4.98 Å². The smallest absolute Gasteiger partial charge is 0.233 e. The molecule has 0 unspecified atom stereocenters. The molecule has 0 spiro atoms. The molecular weight excluding hydrogens is 270 g/mol. The van der Waals surface area contributed by atoms with Crippen molar-refractivity contribution in [1.82, 2.24) is 14.8 Å². The van der Waals surface area contributed by atoms with Crippen LogP contribution in [0.4, 0.5) is 5.69 Å². The lowest BCUT2D eigenvalue weighted by Gasteiger charge is -2.20. The number of fused-ring (bicyclic) bond motifs is 1. The average molecular weight is 285 g/mol. The van der Waals surface area contributed by atoms with Gasteiger partial charge in [0.25, 0.3) is 0 Å². The Kier molecular flexibility index (Phi) is 3.46. The minimum absolute atomic E-state index is 0.0562. The van der Waals surface area contributed by atoms with E-state index in [0.717, 1.165) is 16.9 Å². The molecule has 0 aromatic carbocycles. The van der Waals surface area contributed by atoms with Crippen molar-refractivity contribution < 1.29 is 9.84 Å². The first kappa shape index (κ1) is 13.4. The first-order valence-electron chi connectivity index (χ1n) is 6.61. The summed E-state index contributed by atoms with van der Waals surface area (Å²) in [7, 11) is 1.50. The fourth-order valence-corrected chi connectivity index (χ4v) is 2.62. The van der Waals surface area contributed by atoms with E-state index in [1.54, 1.807) is 10.9 Å². The van der Waals surface area contributed by atoms with Crippen molar-refractivity contribution in [3.05, 3.63) is 35.3 Å². The SMILES string of the molecule is COc1nccc(N2Cc3cnn(CCO)c3C2)c1C#N. The third-order valence-electron chi connectivity index (χ3n) is 3.59. The number of aliphatic hydroxyl groups is 1. The highest BCUT2D eigenvalue weighted by Crippen LogP contribution is 2.33. The lowest BCUT2D eigenvalue weighted by molar-refractivity contribution is 0.267. The van der Waals surface area contributed by atoms with Crippen LogP contribution in [-0.2, 0) is 19.6 Å². The summed E-state index contributed by atoms with van der Waals surface area (Å²) >= 11 is 0. The molecule has 21 heavy (non-hydrogen) atoms. The lowest BCUT2D eigenvalue weighted by Crippen LogP contribution is -2.19. The Hall–Kier alpha value is -2.59. The number of hydrogen-bond donors (Lipinski definition) is 1. The monoisotopic (exact) mass is 285 g/mol. The van der Waals surface area contributed by atoms with Gasteiger partial charge in [-0.05, 0) is 6.07 Å². The Morgan fingerprint density at radius 3 is 3.05 bits per heavy atom. The summed E-state index contributed by atoms with van der Waals surface area (Å²) in [5.74, 6) is 0.336. The highest BCUT2D eigenvalue weighted by atomic mass is 16.5. The van der Waals surface area contributed by atoms with Gasteiger partial charge in [0.15, 0.2) is 0 Å². The maximum atomic E-state index is 9.35. The molecule has 7 nitrogen and oxygen atoms in total. The average Bonchev–Trinajstić information content (AvgIpc) is 3.08. The van der Waals surface area contributed by atoms with Gasteiger partial charge >= 0.3 is 0 Å². The van der Waals surface area contributed by atoms with E-state index in [1.807, 2.05) is 12.3 Å². The highest BCUT2D eigenvalue weighted by Gasteiger charge is 2.26. The Labute approximate surface area is 122 Å². The third kappa shape index (κ3) is 2.19. The van der Waals surface area contributed by atoms with Crippen LogP contribution >= 0.6 is 0 Å². The maximum Gasteiger partial charge on any atom is 0.233 e. The molecule has 2 aromatic rings. The Morgan fingerprint density at radius 1 is 1.48 bits per heavy atom. The lowest BCUT2D eigenvalue weighted by atomic mass is 10.2. The molecule has 2 aromatic heterocycles. The molecular formula is C14H15N5O2. The quantitative estimate of drug-likeness (QED) is 0.888. The fourth-order valence-electron chi connectivity index (χ4n) is 2.62. The van der Waals surface area contributed by atoms with Crippen molar-refractivity contribution in [2.24, 2.45) is 0 Å². The zero-order chi connectivity index (χ0) is 14.8. The first-order chi connectivity index (χ1) is 10.3. The molecule has 0 aliphatic carbocycles. The van der Waals surface area contributed by atoms with Crippen molar-refractivity contribution in [2.45, 2.75) is 19.6 Å². The summed E-state index contributed by atoms with van der Waals surface area (Å²) < 4.78 is 6.95. The molecule has 0 radical (unpaired) electrons. The molecule has 1 N–H and O–H groups in total. The van der Waals surface area contributed by atoms with Gasteiger partial charge in [-0.1, -0.05) is 0 Å². The molecule has 1 aliphatic heterocycles. The molecule has 0 saturated heterocycles. The van der Waals surface area contributed by atoms with Crippen LogP contribution < -0.4 is 9.64 Å². The molecule has 0 amide bonds. The number of aromatic nitrogens is 3. The molecule has 0 saturated carbocycles. The standard InChI is InChI=1S/C14H15N5O2/c1-21-14-11(6-15)12(2-3-16-14)18-8-10-7-17-19(4-5-20)13(10)9-18/h2-3,7,20H,4-5,8-9H2,1H3. The summed E-state index contributed by atoms with van der Waals surface area (Å²) in [5.41, 5.74) is 3.43. The van der Waals surface area contributed by atoms with Gasteiger partial charge in [-0.3, -0.25) is 4.68 Å². The van der Waals surface area contributed by atoms with Gasteiger partial charge in [0.2, 0.25) is 5.88 Å². The number of aliphatic hydroxyl groups excluding tert-OH is 1. The second-order valence-electron chi connectivity index (χ2n) is 4.75. The number of nitriles is 1. The minimum Gasteiger partial charge on any atom is -0.480 e. The summed E-state index contributed by atoms with van der Waals surface area (Å²) in [6.07, 6.45) is 3.45. The zero-order valence-electron chi connectivity index (χ0n) is 11.7. The third-order valence-corrected chi connectivity index (χ3v) is 3.59. The Morgan fingerprint density at radius 2 is 2.33 bits per heavy atom. The van der Waals surface area contributed by atoms with Crippen molar-refractivity contribution >= 4 is 5.69 Å². The van der Waals surface area contributed by atoms with E-state index in [0.29, 0.717) is 31.1 Å². The van der Waals surface area contributed by atoms with Gasteiger partial charge in [-0.2, -0.15) is 10.4 Å². The molecule has 0 atom stereocenters. The predicted molar refractivity (Wildman–Crippen MR) is 74.7 cm³/mol. The number of pyridine rings is 1. The van der Waals surface area contributed by atoms with Crippen LogP contribution in [0.2, 0.25) is 0 Å². The molecule has 7 heteroatoms. The molecule has 3 rings (SSSR count). The molecule has 108 valence electrons. The van der Waals surface area contributed by atoms with Crippen LogP contribution in [0.1, 0.15) is 16.8 Å². The second-order valence-corrected chi connectivity index (χ2v) is 4.75. The number of rotatable bonds is 4. The van der Waals surface area contributed by atoms with Crippen LogP contribution in [0.25, 0.3) is 0 Å². The van der Waals surface area contributed by atoms with E-state index in [4.69, 9.17) is 9.84 Å². The van der Waals surface area contributed by atoms with E-state index in [1.165, 1.54) is 7.11 Å². The van der Waals surface area contributed by atoms with Crippen molar-refractivity contribution in [3.8, 4) is 11.9 Å². The van der Waals surface area contributed by atoms with Gasteiger partial charge < -0.3 is 14.7 Å².